The second-order valence-corrected chi connectivity index (χ2v) is 8.10. The number of halogens is 4. The number of urea groups is 1. The number of hydrogen-bond donors (Lipinski definition) is 2. The van der Waals surface area contributed by atoms with E-state index < -0.39 is 23.6 Å². The number of hydrogen-bond acceptors (Lipinski definition) is 3. The third kappa shape index (κ3) is 3.38. The van der Waals surface area contributed by atoms with E-state index in [0.717, 1.165) is 41.6 Å². The number of anilines is 1. The molecule has 6 nitrogen and oxygen atoms in total. The zero-order valence-electron chi connectivity index (χ0n) is 16.4. The van der Waals surface area contributed by atoms with Gasteiger partial charge in [-0.05, 0) is 24.1 Å². The number of H-pyrrole nitrogens is 1. The molecular formula is C22H15ClF3N4O2+. The van der Waals surface area contributed by atoms with Crippen LogP contribution in [0.3, 0.4) is 0 Å². The Morgan fingerprint density at radius 2 is 1.97 bits per heavy atom. The van der Waals surface area contributed by atoms with Crippen molar-refractivity contribution in [3.05, 3.63) is 80.7 Å². The fourth-order valence-corrected chi connectivity index (χ4v) is 4.61. The number of nitrogens with one attached hydrogen (secondary N) is 2. The van der Waals surface area contributed by atoms with E-state index in [2.05, 4.69) is 15.3 Å². The van der Waals surface area contributed by atoms with E-state index in [1.807, 2.05) is 0 Å². The van der Waals surface area contributed by atoms with Gasteiger partial charge in [0.15, 0.2) is 17.3 Å². The van der Waals surface area contributed by atoms with Gasteiger partial charge in [-0.25, -0.2) is 19.1 Å². The van der Waals surface area contributed by atoms with E-state index in [-0.39, 0.29) is 33.4 Å². The summed E-state index contributed by atoms with van der Waals surface area (Å²) in [5.74, 6) is -3.24. The van der Waals surface area contributed by atoms with Crippen LogP contribution >= 0.6 is 11.6 Å². The molecule has 0 radical (unpaired) electrons. The molecule has 1 aromatic carbocycles. The van der Waals surface area contributed by atoms with Gasteiger partial charge in [-0.3, -0.25) is 4.79 Å². The lowest BCUT2D eigenvalue weighted by Gasteiger charge is -2.19. The molecule has 0 fully saturated rings. The summed E-state index contributed by atoms with van der Waals surface area (Å²) in [4.78, 5) is 30.5. The van der Waals surface area contributed by atoms with Gasteiger partial charge < -0.3 is 4.98 Å². The van der Waals surface area contributed by atoms with Crippen molar-refractivity contribution in [2.75, 3.05) is 5.32 Å². The SMILES string of the molecule is O=C(Nc1cc(Cl)c(-c2cnc(F)c(F)c2)cc1F)[N+]1=C2CC[C@H]1Cc1cc(=O)[nH]cc12. The lowest BCUT2D eigenvalue weighted by Crippen LogP contribution is -2.39. The molecule has 2 bridgehead atoms. The van der Waals surface area contributed by atoms with Crippen molar-refractivity contribution in [2.24, 2.45) is 0 Å². The van der Waals surface area contributed by atoms with Crippen LogP contribution in [0.4, 0.5) is 23.7 Å². The van der Waals surface area contributed by atoms with Crippen LogP contribution in [-0.4, -0.2) is 32.3 Å². The van der Waals surface area contributed by atoms with Crippen molar-refractivity contribution < 1.29 is 22.5 Å². The van der Waals surface area contributed by atoms with Gasteiger partial charge >= 0.3 is 6.03 Å². The van der Waals surface area contributed by atoms with Gasteiger partial charge in [-0.2, -0.15) is 13.8 Å². The monoisotopic (exact) mass is 459 g/mol. The van der Waals surface area contributed by atoms with E-state index in [4.69, 9.17) is 11.6 Å². The van der Waals surface area contributed by atoms with E-state index in [1.54, 1.807) is 10.8 Å². The molecule has 0 aliphatic carbocycles. The molecule has 2 aliphatic rings. The van der Waals surface area contributed by atoms with Gasteiger partial charge in [0.2, 0.25) is 11.5 Å². The first-order valence-electron chi connectivity index (χ1n) is 9.80. The van der Waals surface area contributed by atoms with Crippen LogP contribution in [-0.2, 0) is 6.42 Å². The van der Waals surface area contributed by atoms with Crippen LogP contribution in [0.5, 0.6) is 0 Å². The Balaban J connectivity index is 1.47. The van der Waals surface area contributed by atoms with Crippen LogP contribution in [0.2, 0.25) is 5.02 Å². The van der Waals surface area contributed by atoms with Gasteiger partial charge in [-0.1, -0.05) is 11.6 Å². The molecule has 2 N–H and O–H groups in total. The number of amides is 2. The average molecular weight is 460 g/mol. The van der Waals surface area contributed by atoms with Crippen LogP contribution in [0.15, 0.2) is 41.5 Å². The van der Waals surface area contributed by atoms with Crippen molar-refractivity contribution in [3.63, 3.8) is 0 Å². The number of carbonyl (C=O) groups excluding carboxylic acids is 1. The lowest BCUT2D eigenvalue weighted by molar-refractivity contribution is -0.460. The highest BCUT2D eigenvalue weighted by Gasteiger charge is 2.41. The number of aromatic nitrogens is 2. The number of fused-ring (bicyclic) bond motifs is 3. The summed E-state index contributed by atoms with van der Waals surface area (Å²) in [6.45, 7) is 0. The highest BCUT2D eigenvalue weighted by molar-refractivity contribution is 6.33. The van der Waals surface area contributed by atoms with Crippen LogP contribution in [0.1, 0.15) is 24.0 Å². The summed E-state index contributed by atoms with van der Waals surface area (Å²) in [5.41, 5.74) is 2.31. The summed E-state index contributed by atoms with van der Waals surface area (Å²) in [7, 11) is 0. The van der Waals surface area contributed by atoms with Crippen LogP contribution in [0, 0.1) is 17.6 Å². The van der Waals surface area contributed by atoms with Gasteiger partial charge in [0.25, 0.3) is 0 Å². The minimum atomic E-state index is -1.27. The van der Waals surface area contributed by atoms with Gasteiger partial charge in [-0.15, -0.1) is 0 Å². The molecule has 2 aliphatic heterocycles. The number of rotatable bonds is 2. The van der Waals surface area contributed by atoms with Crippen LogP contribution < -0.4 is 10.9 Å². The minimum absolute atomic E-state index is 0.0340. The fourth-order valence-electron chi connectivity index (χ4n) is 4.33. The Morgan fingerprint density at radius 3 is 2.75 bits per heavy atom. The average Bonchev–Trinajstić information content (AvgIpc) is 3.07. The molecular weight excluding hydrogens is 445 g/mol. The molecule has 0 spiro atoms. The first-order chi connectivity index (χ1) is 15.3. The highest BCUT2D eigenvalue weighted by atomic mass is 35.5. The van der Waals surface area contributed by atoms with Crippen molar-refractivity contribution in [1.82, 2.24) is 9.97 Å². The fraction of sp³-hybridized carbons (Fsp3) is 0.182. The molecule has 162 valence electrons. The third-order valence-corrected chi connectivity index (χ3v) is 6.08. The van der Waals surface area contributed by atoms with Crippen molar-refractivity contribution in [1.29, 1.82) is 0 Å². The summed E-state index contributed by atoms with van der Waals surface area (Å²) >= 11 is 6.23. The van der Waals surface area contributed by atoms with E-state index in [1.165, 1.54) is 12.1 Å². The van der Waals surface area contributed by atoms with Crippen molar-refractivity contribution >= 4 is 29.0 Å². The lowest BCUT2D eigenvalue weighted by atomic mass is 9.99. The molecule has 1 atom stereocenters. The summed E-state index contributed by atoms with van der Waals surface area (Å²) < 4.78 is 43.0. The Kier molecular flexibility index (Phi) is 4.85. The Hall–Kier alpha value is -3.46. The molecule has 5 rings (SSSR count). The maximum absolute atomic E-state index is 14.8. The molecule has 2 amide bonds. The van der Waals surface area contributed by atoms with Gasteiger partial charge in [0, 0.05) is 54.1 Å². The Labute approximate surface area is 184 Å². The minimum Gasteiger partial charge on any atom is -0.328 e. The molecule has 32 heavy (non-hydrogen) atoms. The molecule has 0 saturated carbocycles. The second-order valence-electron chi connectivity index (χ2n) is 7.69. The number of carbonyl (C=O) groups is 1. The number of pyridine rings is 2. The maximum Gasteiger partial charge on any atom is 0.496 e. The highest BCUT2D eigenvalue weighted by Crippen LogP contribution is 2.34. The third-order valence-electron chi connectivity index (χ3n) is 5.77. The van der Waals surface area contributed by atoms with E-state index >= 15 is 0 Å². The topological polar surface area (TPSA) is 77.9 Å². The Bertz CT molecular complexity index is 1390. The predicted octanol–water partition coefficient (Wildman–Crippen LogP) is 4.26. The van der Waals surface area contributed by atoms with Crippen molar-refractivity contribution in [2.45, 2.75) is 25.3 Å². The van der Waals surface area contributed by atoms with Crippen LogP contribution in [0.25, 0.3) is 11.1 Å². The molecule has 0 unspecified atom stereocenters. The molecule has 0 saturated heterocycles. The molecule has 4 heterocycles. The second kappa shape index (κ2) is 7.59. The van der Waals surface area contributed by atoms with Gasteiger partial charge in [0.1, 0.15) is 11.8 Å². The normalized spacial score (nSPS) is 16.8. The van der Waals surface area contributed by atoms with E-state index in [0.29, 0.717) is 12.8 Å². The first-order valence-corrected chi connectivity index (χ1v) is 10.2. The number of nitrogens with zero attached hydrogens (tertiary/aromatic N) is 2. The summed E-state index contributed by atoms with van der Waals surface area (Å²) in [5, 5.41) is 2.58. The van der Waals surface area contributed by atoms with Gasteiger partial charge in [0.05, 0.1) is 5.02 Å². The molecule has 10 heteroatoms. The predicted molar refractivity (Wildman–Crippen MR) is 112 cm³/mol. The summed E-state index contributed by atoms with van der Waals surface area (Å²) in [6.07, 6.45) is 4.55. The first kappa shape index (κ1) is 20.4. The maximum atomic E-state index is 14.8. The quantitative estimate of drug-likeness (QED) is 0.444. The largest absolute Gasteiger partial charge is 0.496 e. The Morgan fingerprint density at radius 1 is 1.16 bits per heavy atom. The van der Waals surface area contributed by atoms with E-state index in [9.17, 15) is 22.8 Å². The smallest absolute Gasteiger partial charge is 0.328 e. The molecule has 2 aromatic heterocycles. The molecule has 3 aromatic rings. The zero-order valence-corrected chi connectivity index (χ0v) is 17.1. The van der Waals surface area contributed by atoms with Crippen molar-refractivity contribution in [3.8, 4) is 11.1 Å². The summed E-state index contributed by atoms with van der Waals surface area (Å²) in [6, 6.07) is 4.00. The number of aromatic amines is 1. The standard InChI is InChI=1S/C22H14ClF3N4O2/c23-15-7-18(16(24)6-13(15)11-4-17(25)21(26)28-8-11)29-22(32)30-12-1-2-19(30)14-9-27-20(31)5-10(14)3-12/h4-9,12H,1-3H2,(H,29,32)/p+1/t12-/m0/s1. The number of benzene rings is 1. The zero-order chi connectivity index (χ0) is 22.6.